The summed E-state index contributed by atoms with van der Waals surface area (Å²) in [6.45, 7) is 4.65. The van der Waals surface area contributed by atoms with Crippen molar-refractivity contribution in [2.45, 2.75) is 26.3 Å². The van der Waals surface area contributed by atoms with Crippen molar-refractivity contribution >= 4 is 27.5 Å². The molecule has 0 fully saturated rings. The number of hydrogen-bond donors (Lipinski definition) is 0. The monoisotopic (exact) mass is 450 g/mol. The highest BCUT2D eigenvalue weighted by Crippen LogP contribution is 2.37. The molecule has 5 rings (SSSR count). The van der Waals surface area contributed by atoms with Crippen molar-refractivity contribution < 1.29 is 9.21 Å². The number of nitrogens with zero attached hydrogens (tertiary/aromatic N) is 4. The summed E-state index contributed by atoms with van der Waals surface area (Å²) in [5, 5.41) is 4.42. The summed E-state index contributed by atoms with van der Waals surface area (Å²) < 4.78 is 8.29. The van der Waals surface area contributed by atoms with Crippen molar-refractivity contribution in [3.63, 3.8) is 0 Å². The SMILES string of the molecule is Cc1ccc(-c2cccc3c2CCN(C(=O)c2cc4ncc(Br)cn4n2)C3C)o1. The lowest BCUT2D eigenvalue weighted by Crippen LogP contribution is -2.39. The van der Waals surface area contributed by atoms with Crippen LogP contribution in [0.25, 0.3) is 17.0 Å². The summed E-state index contributed by atoms with van der Waals surface area (Å²) in [5.41, 5.74) is 4.57. The standard InChI is InChI=1S/C22H19BrN4O2/c1-13-6-7-20(29-13)18-5-3-4-16-14(2)26(9-8-17(16)18)22(28)19-10-21-24-11-15(23)12-27(21)25-19/h3-7,10-12,14H,8-9H2,1-2H3. The van der Waals surface area contributed by atoms with Crippen LogP contribution in [0, 0.1) is 6.92 Å². The lowest BCUT2D eigenvalue weighted by atomic mass is 9.88. The third-order valence-electron chi connectivity index (χ3n) is 5.50. The first-order chi connectivity index (χ1) is 14.0. The zero-order valence-corrected chi connectivity index (χ0v) is 17.7. The minimum atomic E-state index is -0.0796. The van der Waals surface area contributed by atoms with Crippen molar-refractivity contribution in [2.75, 3.05) is 6.54 Å². The molecule has 0 bridgehead atoms. The van der Waals surface area contributed by atoms with E-state index in [1.165, 1.54) is 5.56 Å². The van der Waals surface area contributed by atoms with E-state index in [0.717, 1.165) is 33.5 Å². The number of benzene rings is 1. The van der Waals surface area contributed by atoms with Gasteiger partial charge in [0.1, 0.15) is 11.5 Å². The van der Waals surface area contributed by atoms with Gasteiger partial charge in [-0.05, 0) is 59.5 Å². The highest BCUT2D eigenvalue weighted by atomic mass is 79.9. The van der Waals surface area contributed by atoms with Gasteiger partial charge in [0, 0.05) is 30.6 Å². The number of aryl methyl sites for hydroxylation is 1. The fraction of sp³-hybridized carbons (Fsp3) is 0.227. The van der Waals surface area contributed by atoms with Crippen molar-refractivity contribution in [2.24, 2.45) is 0 Å². The fourth-order valence-electron chi connectivity index (χ4n) is 4.06. The summed E-state index contributed by atoms with van der Waals surface area (Å²) in [6, 6.07) is 11.9. The number of rotatable bonds is 2. The predicted molar refractivity (Wildman–Crippen MR) is 113 cm³/mol. The largest absolute Gasteiger partial charge is 0.461 e. The number of carbonyl (C=O) groups excluding carboxylic acids is 1. The first-order valence-electron chi connectivity index (χ1n) is 9.52. The molecule has 0 radical (unpaired) electrons. The molecule has 146 valence electrons. The predicted octanol–water partition coefficient (Wildman–Crippen LogP) is 4.82. The minimum Gasteiger partial charge on any atom is -0.461 e. The number of aromatic nitrogens is 3. The lowest BCUT2D eigenvalue weighted by Gasteiger charge is -2.35. The summed E-state index contributed by atoms with van der Waals surface area (Å²) >= 11 is 3.38. The molecule has 0 spiro atoms. The van der Waals surface area contributed by atoms with Gasteiger partial charge in [0.25, 0.3) is 5.91 Å². The Labute approximate surface area is 176 Å². The van der Waals surface area contributed by atoms with Crippen molar-refractivity contribution in [3.05, 3.63) is 75.8 Å². The second-order valence-electron chi connectivity index (χ2n) is 7.31. The molecule has 0 saturated heterocycles. The van der Waals surface area contributed by atoms with E-state index in [1.54, 1.807) is 23.0 Å². The molecule has 6 nitrogen and oxygen atoms in total. The van der Waals surface area contributed by atoms with Gasteiger partial charge in [-0.15, -0.1) is 0 Å². The second-order valence-corrected chi connectivity index (χ2v) is 8.23. The van der Waals surface area contributed by atoms with Crippen LogP contribution < -0.4 is 0 Å². The molecule has 3 aromatic heterocycles. The first kappa shape index (κ1) is 18.1. The van der Waals surface area contributed by atoms with Gasteiger partial charge in [0.05, 0.1) is 10.5 Å². The molecule has 4 heterocycles. The molecule has 1 unspecified atom stereocenters. The summed E-state index contributed by atoms with van der Waals surface area (Å²) in [4.78, 5) is 19.4. The van der Waals surface area contributed by atoms with E-state index in [0.29, 0.717) is 17.9 Å². The van der Waals surface area contributed by atoms with Gasteiger partial charge in [-0.1, -0.05) is 18.2 Å². The Morgan fingerprint density at radius 1 is 1.28 bits per heavy atom. The van der Waals surface area contributed by atoms with Crippen molar-refractivity contribution in [1.82, 2.24) is 19.5 Å². The Hall–Kier alpha value is -2.93. The zero-order valence-electron chi connectivity index (χ0n) is 16.1. The Kier molecular flexibility index (Phi) is 4.28. The Morgan fingerprint density at radius 2 is 2.14 bits per heavy atom. The molecular formula is C22H19BrN4O2. The molecule has 7 heteroatoms. The van der Waals surface area contributed by atoms with Crippen LogP contribution in [0.1, 0.15) is 40.3 Å². The Morgan fingerprint density at radius 3 is 2.93 bits per heavy atom. The lowest BCUT2D eigenvalue weighted by molar-refractivity contribution is 0.0671. The second kappa shape index (κ2) is 6.84. The number of furan rings is 1. The van der Waals surface area contributed by atoms with Crippen LogP contribution in [0.5, 0.6) is 0 Å². The molecule has 29 heavy (non-hydrogen) atoms. The highest BCUT2D eigenvalue weighted by molar-refractivity contribution is 9.10. The van der Waals surface area contributed by atoms with E-state index >= 15 is 0 Å². The molecule has 1 aliphatic rings. The minimum absolute atomic E-state index is 0.0493. The van der Waals surface area contributed by atoms with Gasteiger partial charge < -0.3 is 9.32 Å². The normalized spacial score (nSPS) is 16.2. The molecule has 1 atom stereocenters. The van der Waals surface area contributed by atoms with Crippen LogP contribution in [0.2, 0.25) is 0 Å². The summed E-state index contributed by atoms with van der Waals surface area (Å²) in [7, 11) is 0. The van der Waals surface area contributed by atoms with Crippen LogP contribution in [-0.2, 0) is 6.42 Å². The molecule has 0 N–H and O–H groups in total. The quantitative estimate of drug-likeness (QED) is 0.439. The third-order valence-corrected chi connectivity index (χ3v) is 5.91. The molecule has 4 aromatic rings. The number of fused-ring (bicyclic) bond motifs is 2. The maximum absolute atomic E-state index is 13.2. The van der Waals surface area contributed by atoms with Crippen molar-refractivity contribution in [1.29, 1.82) is 0 Å². The van der Waals surface area contributed by atoms with Crippen LogP contribution >= 0.6 is 15.9 Å². The van der Waals surface area contributed by atoms with Gasteiger partial charge in [0.15, 0.2) is 11.3 Å². The topological polar surface area (TPSA) is 63.6 Å². The Balaban J connectivity index is 1.49. The molecule has 0 aliphatic carbocycles. The zero-order chi connectivity index (χ0) is 20.1. The summed E-state index contributed by atoms with van der Waals surface area (Å²) in [5.74, 6) is 1.69. The van der Waals surface area contributed by atoms with Crippen molar-refractivity contribution in [3.8, 4) is 11.3 Å². The molecule has 1 aromatic carbocycles. The van der Waals surface area contributed by atoms with Crippen LogP contribution in [-0.4, -0.2) is 31.9 Å². The van der Waals surface area contributed by atoms with E-state index in [-0.39, 0.29) is 11.9 Å². The number of hydrogen-bond acceptors (Lipinski definition) is 4. The number of carbonyl (C=O) groups is 1. The van der Waals surface area contributed by atoms with E-state index in [9.17, 15) is 4.79 Å². The highest BCUT2D eigenvalue weighted by Gasteiger charge is 2.31. The van der Waals surface area contributed by atoms with E-state index in [1.807, 2.05) is 30.0 Å². The average Bonchev–Trinajstić information content (AvgIpc) is 3.33. The molecule has 1 amide bonds. The van der Waals surface area contributed by atoms with Crippen LogP contribution in [0.3, 0.4) is 0 Å². The summed E-state index contributed by atoms with van der Waals surface area (Å²) in [6.07, 6.45) is 4.27. The van der Waals surface area contributed by atoms with Gasteiger partial charge in [-0.25, -0.2) is 9.50 Å². The van der Waals surface area contributed by atoms with Gasteiger partial charge in [-0.2, -0.15) is 5.10 Å². The van der Waals surface area contributed by atoms with E-state index < -0.39 is 0 Å². The molecule has 1 aliphatic heterocycles. The third kappa shape index (κ3) is 3.06. The maximum atomic E-state index is 13.2. The van der Waals surface area contributed by atoms with Gasteiger partial charge >= 0.3 is 0 Å². The molecule has 0 saturated carbocycles. The smallest absolute Gasteiger partial charge is 0.274 e. The maximum Gasteiger partial charge on any atom is 0.274 e. The van der Waals surface area contributed by atoms with Crippen LogP contribution in [0.15, 0.2) is 57.7 Å². The van der Waals surface area contributed by atoms with E-state index in [2.05, 4.69) is 45.1 Å². The number of amides is 1. The fourth-order valence-corrected chi connectivity index (χ4v) is 4.36. The van der Waals surface area contributed by atoms with Gasteiger partial charge in [-0.3, -0.25) is 4.79 Å². The average molecular weight is 451 g/mol. The van der Waals surface area contributed by atoms with E-state index in [4.69, 9.17) is 4.42 Å². The first-order valence-corrected chi connectivity index (χ1v) is 10.3. The van der Waals surface area contributed by atoms with Gasteiger partial charge in [0.2, 0.25) is 0 Å². The number of halogens is 1. The Bertz CT molecular complexity index is 1240. The molecular weight excluding hydrogens is 432 g/mol. The van der Waals surface area contributed by atoms with Crippen LogP contribution in [0.4, 0.5) is 0 Å².